The highest BCUT2D eigenvalue weighted by atomic mass is 16.6. The van der Waals surface area contributed by atoms with E-state index in [2.05, 4.69) is 25.6 Å². The molecule has 5 nitrogen and oxygen atoms in total. The largest absolute Gasteiger partial charge is 0.463 e. The minimum Gasteiger partial charge on any atom is -0.463 e. The first-order chi connectivity index (χ1) is 12.3. The van der Waals surface area contributed by atoms with Gasteiger partial charge in [-0.15, -0.1) is 6.58 Å². The minimum atomic E-state index is -0.498. The molecule has 142 valence electrons. The van der Waals surface area contributed by atoms with Gasteiger partial charge in [0.1, 0.15) is 18.8 Å². The zero-order chi connectivity index (χ0) is 19.3. The van der Waals surface area contributed by atoms with Gasteiger partial charge in [-0.3, -0.25) is 9.59 Å². The Bertz CT molecular complexity index is 654. The molecule has 5 heteroatoms. The van der Waals surface area contributed by atoms with Crippen LogP contribution in [0.5, 0.6) is 0 Å². The lowest BCUT2D eigenvalue weighted by molar-refractivity contribution is -0.207. The van der Waals surface area contributed by atoms with Crippen molar-refractivity contribution in [3.63, 3.8) is 0 Å². The summed E-state index contributed by atoms with van der Waals surface area (Å²) in [4.78, 5) is 22.8. The Kier molecular flexibility index (Phi) is 6.98. The average Bonchev–Trinajstić information content (AvgIpc) is 2.58. The Morgan fingerprint density at radius 2 is 1.92 bits per heavy atom. The van der Waals surface area contributed by atoms with Gasteiger partial charge in [-0.1, -0.05) is 44.2 Å². The molecule has 1 aliphatic rings. The van der Waals surface area contributed by atoms with E-state index in [1.54, 1.807) is 0 Å². The SMILES string of the molecule is C=CCc1cccc([C@H]2O[C@H](COC(C)=O)[C@@H](OC(C)=O)[C@H](C)[C@@H]2C)c1. The van der Waals surface area contributed by atoms with E-state index in [1.165, 1.54) is 19.4 Å². The first-order valence-corrected chi connectivity index (χ1v) is 8.99. The van der Waals surface area contributed by atoms with Crippen molar-refractivity contribution in [3.05, 3.63) is 48.0 Å². The van der Waals surface area contributed by atoms with Crippen molar-refractivity contribution >= 4 is 11.9 Å². The second-order valence-corrected chi connectivity index (χ2v) is 6.93. The van der Waals surface area contributed by atoms with E-state index >= 15 is 0 Å². The lowest BCUT2D eigenvalue weighted by atomic mass is 9.79. The van der Waals surface area contributed by atoms with E-state index in [1.807, 2.05) is 25.1 Å². The maximum Gasteiger partial charge on any atom is 0.303 e. The predicted molar refractivity (Wildman–Crippen MR) is 98.5 cm³/mol. The maximum absolute atomic E-state index is 11.5. The fourth-order valence-electron chi connectivity index (χ4n) is 3.46. The number of rotatable bonds is 6. The molecule has 1 aliphatic heterocycles. The van der Waals surface area contributed by atoms with Gasteiger partial charge in [0.25, 0.3) is 0 Å². The summed E-state index contributed by atoms with van der Waals surface area (Å²) in [6.45, 7) is 10.7. The van der Waals surface area contributed by atoms with E-state index in [9.17, 15) is 9.59 Å². The average molecular weight is 360 g/mol. The maximum atomic E-state index is 11.5. The van der Waals surface area contributed by atoms with Gasteiger partial charge in [0.05, 0.1) is 6.10 Å². The Labute approximate surface area is 155 Å². The van der Waals surface area contributed by atoms with Crippen LogP contribution >= 0.6 is 0 Å². The molecule has 1 fully saturated rings. The predicted octanol–water partition coefficient (Wildman–Crippen LogP) is 3.62. The highest BCUT2D eigenvalue weighted by Crippen LogP contribution is 2.41. The molecule has 1 saturated heterocycles. The quantitative estimate of drug-likeness (QED) is 0.573. The second-order valence-electron chi connectivity index (χ2n) is 6.93. The van der Waals surface area contributed by atoms with Crippen molar-refractivity contribution in [2.24, 2.45) is 11.8 Å². The molecular weight excluding hydrogens is 332 g/mol. The number of allylic oxidation sites excluding steroid dienone is 1. The third kappa shape index (κ3) is 4.94. The molecule has 0 saturated carbocycles. The second kappa shape index (κ2) is 8.99. The van der Waals surface area contributed by atoms with Crippen LogP contribution in [0.25, 0.3) is 0 Å². The van der Waals surface area contributed by atoms with E-state index in [-0.39, 0.29) is 36.5 Å². The van der Waals surface area contributed by atoms with Crippen molar-refractivity contribution < 1.29 is 23.8 Å². The van der Waals surface area contributed by atoms with E-state index < -0.39 is 12.2 Å². The smallest absolute Gasteiger partial charge is 0.303 e. The van der Waals surface area contributed by atoms with Crippen LogP contribution in [-0.2, 0) is 30.2 Å². The fraction of sp³-hybridized carbons (Fsp3) is 0.524. The van der Waals surface area contributed by atoms with E-state index in [0.717, 1.165) is 12.0 Å². The summed E-state index contributed by atoms with van der Waals surface area (Å²) in [6, 6.07) is 8.22. The van der Waals surface area contributed by atoms with Crippen LogP contribution in [0, 0.1) is 11.8 Å². The van der Waals surface area contributed by atoms with Crippen molar-refractivity contribution in [2.45, 2.75) is 52.4 Å². The molecule has 0 aliphatic carbocycles. The van der Waals surface area contributed by atoms with Crippen LogP contribution in [0.2, 0.25) is 0 Å². The Hall–Kier alpha value is -2.14. The van der Waals surface area contributed by atoms with Gasteiger partial charge in [0.15, 0.2) is 0 Å². The van der Waals surface area contributed by atoms with Crippen LogP contribution in [0.1, 0.15) is 44.9 Å². The molecule has 5 atom stereocenters. The molecule has 0 radical (unpaired) electrons. The standard InChI is InChI=1S/C21H28O5/c1-6-8-17-9-7-10-18(11-17)20-13(2)14(3)21(25-16(5)23)19(26-20)12-24-15(4)22/h6-7,9-11,13-14,19-21H,1,8,12H2,2-5H3/t13-,14+,19+,20-,21-/m0/s1. The Morgan fingerprint density at radius 3 is 2.54 bits per heavy atom. The van der Waals surface area contributed by atoms with Crippen LogP contribution in [0.3, 0.4) is 0 Å². The van der Waals surface area contributed by atoms with Crippen LogP contribution in [0.4, 0.5) is 0 Å². The summed E-state index contributed by atoms with van der Waals surface area (Å²) in [6.07, 6.45) is 1.54. The monoisotopic (exact) mass is 360 g/mol. The molecule has 2 rings (SSSR count). The zero-order valence-corrected chi connectivity index (χ0v) is 15.9. The molecule has 0 unspecified atom stereocenters. The van der Waals surface area contributed by atoms with Gasteiger partial charge in [0, 0.05) is 19.8 Å². The number of esters is 2. The summed E-state index contributed by atoms with van der Waals surface area (Å²) in [5.74, 6) is -0.559. The molecule has 0 bridgehead atoms. The fourth-order valence-corrected chi connectivity index (χ4v) is 3.46. The Balaban J connectivity index is 2.27. The van der Waals surface area contributed by atoms with E-state index in [0.29, 0.717) is 0 Å². The molecule has 0 aromatic heterocycles. The molecule has 0 spiro atoms. The molecule has 0 amide bonds. The van der Waals surface area contributed by atoms with Gasteiger partial charge in [-0.25, -0.2) is 0 Å². The van der Waals surface area contributed by atoms with Crippen molar-refractivity contribution in [1.82, 2.24) is 0 Å². The third-order valence-electron chi connectivity index (χ3n) is 4.93. The van der Waals surface area contributed by atoms with Gasteiger partial charge >= 0.3 is 11.9 Å². The van der Waals surface area contributed by atoms with Crippen molar-refractivity contribution in [2.75, 3.05) is 6.61 Å². The van der Waals surface area contributed by atoms with Gasteiger partial charge in [-0.05, 0) is 23.5 Å². The molecule has 0 N–H and O–H groups in total. The number of hydrogen-bond acceptors (Lipinski definition) is 5. The van der Waals surface area contributed by atoms with Crippen molar-refractivity contribution in [1.29, 1.82) is 0 Å². The summed E-state index contributed by atoms with van der Waals surface area (Å²) >= 11 is 0. The highest BCUT2D eigenvalue weighted by molar-refractivity contribution is 5.66. The number of carbonyl (C=O) groups excluding carboxylic acids is 2. The normalized spacial score (nSPS) is 28.2. The molecule has 1 heterocycles. The summed E-state index contributed by atoms with van der Waals surface area (Å²) in [7, 11) is 0. The first-order valence-electron chi connectivity index (χ1n) is 8.99. The number of benzene rings is 1. The minimum absolute atomic E-state index is 0.0567. The number of hydrogen-bond donors (Lipinski definition) is 0. The topological polar surface area (TPSA) is 61.8 Å². The summed E-state index contributed by atoms with van der Waals surface area (Å²) in [5, 5.41) is 0. The lowest BCUT2D eigenvalue weighted by Crippen LogP contribution is -2.50. The van der Waals surface area contributed by atoms with Gasteiger partial charge < -0.3 is 14.2 Å². The lowest BCUT2D eigenvalue weighted by Gasteiger charge is -2.44. The molecular formula is C21H28O5. The summed E-state index contributed by atoms with van der Waals surface area (Å²) < 4.78 is 16.9. The zero-order valence-electron chi connectivity index (χ0n) is 15.9. The number of ether oxygens (including phenoxy) is 3. The van der Waals surface area contributed by atoms with Crippen LogP contribution < -0.4 is 0 Å². The third-order valence-corrected chi connectivity index (χ3v) is 4.93. The first kappa shape index (κ1) is 20.2. The van der Waals surface area contributed by atoms with Crippen LogP contribution in [0.15, 0.2) is 36.9 Å². The molecule has 26 heavy (non-hydrogen) atoms. The Morgan fingerprint density at radius 1 is 1.19 bits per heavy atom. The van der Waals surface area contributed by atoms with Gasteiger partial charge in [-0.2, -0.15) is 0 Å². The molecule has 1 aromatic rings. The van der Waals surface area contributed by atoms with Crippen molar-refractivity contribution in [3.8, 4) is 0 Å². The van der Waals surface area contributed by atoms with Crippen LogP contribution in [-0.4, -0.2) is 30.8 Å². The van der Waals surface area contributed by atoms with Gasteiger partial charge in [0.2, 0.25) is 0 Å². The van der Waals surface area contributed by atoms with E-state index in [4.69, 9.17) is 14.2 Å². The highest BCUT2D eigenvalue weighted by Gasteiger charge is 2.44. The number of carbonyl (C=O) groups is 2. The summed E-state index contributed by atoms with van der Waals surface area (Å²) in [5.41, 5.74) is 2.23. The molecule has 1 aromatic carbocycles.